The molecule has 0 aliphatic carbocycles. The van der Waals surface area contributed by atoms with Gasteiger partial charge in [0.05, 0.1) is 5.75 Å². The lowest BCUT2D eigenvalue weighted by molar-refractivity contribution is 0.330. The van der Waals surface area contributed by atoms with Crippen molar-refractivity contribution in [2.75, 3.05) is 13.1 Å². The molecule has 134 valence electrons. The predicted octanol–water partition coefficient (Wildman–Crippen LogP) is 3.56. The second-order valence-corrected chi connectivity index (χ2v) is 8.71. The van der Waals surface area contributed by atoms with E-state index in [0.29, 0.717) is 17.1 Å². The third-order valence-corrected chi connectivity index (χ3v) is 5.97. The third-order valence-electron chi connectivity index (χ3n) is 4.44. The minimum atomic E-state index is -3.42. The molecule has 0 atom stereocenters. The van der Waals surface area contributed by atoms with Crippen molar-refractivity contribution in [2.24, 2.45) is 0 Å². The monoisotopic (exact) mass is 378 g/mol. The van der Waals surface area contributed by atoms with E-state index in [1.807, 2.05) is 18.2 Å². The Balaban J connectivity index is 1.64. The molecule has 3 rings (SSSR count). The lowest BCUT2D eigenvalue weighted by Crippen LogP contribution is -2.26. The fourth-order valence-corrected chi connectivity index (χ4v) is 4.46. The molecule has 2 aromatic carbocycles. The van der Waals surface area contributed by atoms with E-state index in [-0.39, 0.29) is 5.75 Å². The molecule has 0 spiro atoms. The van der Waals surface area contributed by atoms with Gasteiger partial charge in [-0.3, -0.25) is 4.90 Å². The minimum absolute atomic E-state index is 0.0676. The van der Waals surface area contributed by atoms with Crippen molar-refractivity contribution >= 4 is 21.6 Å². The zero-order valence-corrected chi connectivity index (χ0v) is 15.7. The summed E-state index contributed by atoms with van der Waals surface area (Å²) in [4.78, 5) is 2.42. The highest BCUT2D eigenvalue weighted by Crippen LogP contribution is 2.17. The smallest absolute Gasteiger partial charge is 0.216 e. The van der Waals surface area contributed by atoms with Gasteiger partial charge in [0.1, 0.15) is 0 Å². The number of hydrogen-bond donors (Lipinski definition) is 1. The number of rotatable bonds is 7. The topological polar surface area (TPSA) is 49.4 Å². The third kappa shape index (κ3) is 5.54. The van der Waals surface area contributed by atoms with Crippen molar-refractivity contribution in [1.29, 1.82) is 0 Å². The van der Waals surface area contributed by atoms with Crippen LogP contribution >= 0.6 is 11.6 Å². The lowest BCUT2D eigenvalue weighted by Gasteiger charge is -2.17. The van der Waals surface area contributed by atoms with E-state index < -0.39 is 10.0 Å². The summed E-state index contributed by atoms with van der Waals surface area (Å²) in [6.45, 7) is 3.43. The first-order valence-corrected chi connectivity index (χ1v) is 10.6. The van der Waals surface area contributed by atoms with Crippen LogP contribution < -0.4 is 4.72 Å². The second-order valence-electron chi connectivity index (χ2n) is 6.46. The van der Waals surface area contributed by atoms with Crippen molar-refractivity contribution in [1.82, 2.24) is 9.62 Å². The van der Waals surface area contributed by atoms with Crippen LogP contribution in [0.25, 0.3) is 0 Å². The molecule has 0 unspecified atom stereocenters. The first kappa shape index (κ1) is 18.4. The summed E-state index contributed by atoms with van der Waals surface area (Å²) < 4.78 is 27.5. The molecular weight excluding hydrogens is 356 g/mol. The summed E-state index contributed by atoms with van der Waals surface area (Å²) in [6.07, 6.45) is 2.49. The summed E-state index contributed by atoms with van der Waals surface area (Å²) in [5, 5.41) is 0.545. The van der Waals surface area contributed by atoms with Crippen LogP contribution in [-0.4, -0.2) is 26.4 Å². The maximum absolute atomic E-state index is 12.4. The molecule has 1 fully saturated rings. The molecule has 1 saturated heterocycles. The van der Waals surface area contributed by atoms with Crippen LogP contribution in [0, 0.1) is 0 Å². The lowest BCUT2D eigenvalue weighted by atomic mass is 10.1. The van der Waals surface area contributed by atoms with E-state index in [4.69, 9.17) is 11.6 Å². The molecule has 6 heteroatoms. The Kier molecular flexibility index (Phi) is 6.12. The highest BCUT2D eigenvalue weighted by molar-refractivity contribution is 7.88. The van der Waals surface area contributed by atoms with E-state index in [9.17, 15) is 8.42 Å². The van der Waals surface area contributed by atoms with Gasteiger partial charge in [-0.15, -0.1) is 0 Å². The first-order valence-electron chi connectivity index (χ1n) is 8.53. The summed E-state index contributed by atoms with van der Waals surface area (Å²) in [5.41, 5.74) is 2.91. The van der Waals surface area contributed by atoms with Crippen molar-refractivity contribution in [3.05, 3.63) is 70.2 Å². The largest absolute Gasteiger partial charge is 0.299 e. The van der Waals surface area contributed by atoms with Gasteiger partial charge in [0.2, 0.25) is 10.0 Å². The summed E-state index contributed by atoms with van der Waals surface area (Å²) in [5.74, 6) is -0.0676. The molecular formula is C19H23ClN2O2S. The van der Waals surface area contributed by atoms with Gasteiger partial charge >= 0.3 is 0 Å². The molecule has 0 saturated carbocycles. The Morgan fingerprint density at radius 3 is 2.44 bits per heavy atom. The van der Waals surface area contributed by atoms with Crippen LogP contribution in [0.1, 0.15) is 29.5 Å². The van der Waals surface area contributed by atoms with E-state index >= 15 is 0 Å². The Morgan fingerprint density at radius 2 is 1.72 bits per heavy atom. The standard InChI is InChI=1S/C19H23ClN2O2S/c20-19-9-5-6-16(12-19)15-25(23,24)21-13-17-7-1-2-8-18(17)14-22-10-3-4-11-22/h1-2,5-9,12,21H,3-4,10-11,13-15H2. The number of nitrogens with zero attached hydrogens (tertiary/aromatic N) is 1. The molecule has 0 amide bonds. The molecule has 25 heavy (non-hydrogen) atoms. The van der Waals surface area contributed by atoms with Gasteiger partial charge in [0.15, 0.2) is 0 Å². The van der Waals surface area contributed by atoms with Gasteiger partial charge in [-0.25, -0.2) is 13.1 Å². The Hall–Kier alpha value is -1.40. The van der Waals surface area contributed by atoms with Gasteiger partial charge in [0.25, 0.3) is 0 Å². The van der Waals surface area contributed by atoms with Crippen LogP contribution in [0.4, 0.5) is 0 Å². The van der Waals surface area contributed by atoms with Gasteiger partial charge in [-0.05, 0) is 54.8 Å². The highest BCUT2D eigenvalue weighted by atomic mass is 35.5. The number of nitrogens with one attached hydrogen (secondary N) is 1. The number of benzene rings is 2. The highest BCUT2D eigenvalue weighted by Gasteiger charge is 2.15. The van der Waals surface area contributed by atoms with Gasteiger partial charge < -0.3 is 0 Å². The summed E-state index contributed by atoms with van der Waals surface area (Å²) in [7, 11) is -3.42. The average Bonchev–Trinajstić information content (AvgIpc) is 3.07. The Morgan fingerprint density at radius 1 is 1.00 bits per heavy atom. The molecule has 1 N–H and O–H groups in total. The molecule has 4 nitrogen and oxygen atoms in total. The van der Waals surface area contributed by atoms with Crippen molar-refractivity contribution in [3.63, 3.8) is 0 Å². The number of sulfonamides is 1. The SMILES string of the molecule is O=S(=O)(Cc1cccc(Cl)c1)NCc1ccccc1CN1CCCC1. The fourth-order valence-electron chi connectivity index (χ4n) is 3.15. The minimum Gasteiger partial charge on any atom is -0.299 e. The quantitative estimate of drug-likeness (QED) is 0.801. The summed E-state index contributed by atoms with van der Waals surface area (Å²) in [6, 6.07) is 15.0. The Labute approximate surface area is 154 Å². The predicted molar refractivity (Wildman–Crippen MR) is 102 cm³/mol. The molecule has 0 bridgehead atoms. The van der Waals surface area contributed by atoms with E-state index in [0.717, 1.165) is 25.2 Å². The van der Waals surface area contributed by atoms with Crippen molar-refractivity contribution in [3.8, 4) is 0 Å². The normalized spacial score (nSPS) is 15.6. The van der Waals surface area contributed by atoms with Crippen LogP contribution in [-0.2, 0) is 28.9 Å². The molecule has 1 aliphatic rings. The Bertz CT molecular complexity index is 818. The number of likely N-dealkylation sites (tertiary alicyclic amines) is 1. The van der Waals surface area contributed by atoms with E-state index in [1.165, 1.54) is 18.4 Å². The molecule has 0 radical (unpaired) electrons. The molecule has 0 aromatic heterocycles. The summed E-state index contributed by atoms with van der Waals surface area (Å²) >= 11 is 5.93. The van der Waals surface area contributed by atoms with E-state index in [1.54, 1.807) is 24.3 Å². The maximum Gasteiger partial charge on any atom is 0.216 e. The second kappa shape index (κ2) is 8.32. The zero-order valence-electron chi connectivity index (χ0n) is 14.1. The molecule has 1 aliphatic heterocycles. The maximum atomic E-state index is 12.4. The fraction of sp³-hybridized carbons (Fsp3) is 0.368. The van der Waals surface area contributed by atoms with Crippen LogP contribution in [0.3, 0.4) is 0 Å². The van der Waals surface area contributed by atoms with E-state index in [2.05, 4.69) is 15.7 Å². The van der Waals surface area contributed by atoms with Gasteiger partial charge in [0, 0.05) is 18.1 Å². The number of halogens is 1. The molecule has 2 aromatic rings. The van der Waals surface area contributed by atoms with Gasteiger partial charge in [-0.2, -0.15) is 0 Å². The van der Waals surface area contributed by atoms with Crippen molar-refractivity contribution < 1.29 is 8.42 Å². The van der Waals surface area contributed by atoms with Crippen LogP contribution in [0.5, 0.6) is 0 Å². The van der Waals surface area contributed by atoms with Gasteiger partial charge in [-0.1, -0.05) is 48.0 Å². The molecule has 1 heterocycles. The van der Waals surface area contributed by atoms with Crippen LogP contribution in [0.2, 0.25) is 5.02 Å². The average molecular weight is 379 g/mol. The zero-order chi connectivity index (χ0) is 17.7. The first-order chi connectivity index (χ1) is 12.0. The number of hydrogen-bond acceptors (Lipinski definition) is 3. The van der Waals surface area contributed by atoms with Crippen molar-refractivity contribution in [2.45, 2.75) is 31.7 Å². The van der Waals surface area contributed by atoms with Crippen LogP contribution in [0.15, 0.2) is 48.5 Å².